The highest BCUT2D eigenvalue weighted by Gasteiger charge is 2.29. The van der Waals surface area contributed by atoms with Gasteiger partial charge in [-0.1, -0.05) is 13.0 Å². The lowest BCUT2D eigenvalue weighted by Crippen LogP contribution is -2.29. The maximum absolute atomic E-state index is 12.3. The molecule has 1 N–H and O–H groups in total. The average molecular weight is 369 g/mol. The standard InChI is InChI=1S/C18H22F3N3O2/c1-4-17(25)23-16-8-14(7-12(2)22-16)9-24-10-15(6-5-13(24)3)26-11-18(19,20)21/h5-8,10,13H,4,9,11H2,1-3H3,(H,22,23,25). The monoisotopic (exact) mass is 369 g/mol. The van der Waals surface area contributed by atoms with Crippen LogP contribution in [0, 0.1) is 6.92 Å². The summed E-state index contributed by atoms with van der Waals surface area (Å²) in [6.07, 6.45) is 0.853. The first kappa shape index (κ1) is 19.8. The Kier molecular flexibility index (Phi) is 6.28. The predicted molar refractivity (Wildman–Crippen MR) is 92.1 cm³/mol. The van der Waals surface area contributed by atoms with Gasteiger partial charge in [-0.05, 0) is 37.6 Å². The van der Waals surface area contributed by atoms with Gasteiger partial charge in [-0.15, -0.1) is 0 Å². The van der Waals surface area contributed by atoms with Crippen LogP contribution < -0.4 is 5.32 Å². The third-order valence-electron chi connectivity index (χ3n) is 3.72. The van der Waals surface area contributed by atoms with Gasteiger partial charge in [0.1, 0.15) is 11.6 Å². The molecule has 0 aliphatic carbocycles. The van der Waals surface area contributed by atoms with Crippen molar-refractivity contribution in [3.63, 3.8) is 0 Å². The van der Waals surface area contributed by atoms with Crippen LogP contribution in [-0.2, 0) is 16.1 Å². The second-order valence-electron chi connectivity index (χ2n) is 6.11. The van der Waals surface area contributed by atoms with Gasteiger partial charge in [-0.25, -0.2) is 4.98 Å². The summed E-state index contributed by atoms with van der Waals surface area (Å²) in [6.45, 7) is 4.62. The molecular weight excluding hydrogens is 347 g/mol. The van der Waals surface area contributed by atoms with Crippen LogP contribution in [0.2, 0.25) is 0 Å². The lowest BCUT2D eigenvalue weighted by Gasteiger charge is -2.29. The van der Waals surface area contributed by atoms with Crippen molar-refractivity contribution in [3.05, 3.63) is 47.5 Å². The number of nitrogens with one attached hydrogen (secondary N) is 1. The van der Waals surface area contributed by atoms with Crippen molar-refractivity contribution in [2.75, 3.05) is 11.9 Å². The summed E-state index contributed by atoms with van der Waals surface area (Å²) in [4.78, 5) is 17.7. The molecule has 1 atom stereocenters. The van der Waals surface area contributed by atoms with E-state index in [4.69, 9.17) is 4.74 Å². The van der Waals surface area contributed by atoms with Crippen LogP contribution in [0.15, 0.2) is 36.2 Å². The molecule has 2 heterocycles. The van der Waals surface area contributed by atoms with Crippen LogP contribution in [0.3, 0.4) is 0 Å². The molecule has 0 spiro atoms. The van der Waals surface area contributed by atoms with Crippen molar-refractivity contribution >= 4 is 11.7 Å². The van der Waals surface area contributed by atoms with Crippen molar-refractivity contribution in [3.8, 4) is 0 Å². The van der Waals surface area contributed by atoms with Gasteiger partial charge in [0, 0.05) is 30.9 Å². The molecule has 0 saturated carbocycles. The van der Waals surface area contributed by atoms with Gasteiger partial charge in [0.25, 0.3) is 0 Å². The zero-order valence-corrected chi connectivity index (χ0v) is 14.9. The quantitative estimate of drug-likeness (QED) is 0.826. The van der Waals surface area contributed by atoms with Crippen molar-refractivity contribution in [1.29, 1.82) is 0 Å². The first-order chi connectivity index (χ1) is 12.2. The van der Waals surface area contributed by atoms with E-state index in [1.807, 2.05) is 24.8 Å². The first-order valence-electron chi connectivity index (χ1n) is 8.29. The molecule has 0 bridgehead atoms. The highest BCUT2D eigenvalue weighted by molar-refractivity contribution is 5.89. The Labute approximate surface area is 150 Å². The minimum absolute atomic E-state index is 0.00427. The van der Waals surface area contributed by atoms with Crippen molar-refractivity contribution in [2.24, 2.45) is 0 Å². The summed E-state index contributed by atoms with van der Waals surface area (Å²) < 4.78 is 41.8. The van der Waals surface area contributed by atoms with Crippen LogP contribution in [0.4, 0.5) is 19.0 Å². The molecule has 2 rings (SSSR count). The third-order valence-corrected chi connectivity index (χ3v) is 3.72. The molecular formula is C18H22F3N3O2. The molecule has 0 aromatic carbocycles. The van der Waals surface area contributed by atoms with Crippen molar-refractivity contribution < 1.29 is 22.7 Å². The summed E-state index contributed by atoms with van der Waals surface area (Å²) >= 11 is 0. The number of nitrogens with zero attached hydrogens (tertiary/aromatic N) is 2. The zero-order chi connectivity index (χ0) is 19.3. The molecule has 0 saturated heterocycles. The summed E-state index contributed by atoms with van der Waals surface area (Å²) in [5.74, 6) is 0.487. The number of alkyl halides is 3. The fraction of sp³-hybridized carbons (Fsp3) is 0.444. The number of halogens is 3. The van der Waals surface area contributed by atoms with E-state index in [0.29, 0.717) is 18.8 Å². The predicted octanol–water partition coefficient (Wildman–Crippen LogP) is 3.92. The Hall–Kier alpha value is -2.51. The number of carbonyl (C=O) groups excluding carboxylic acids is 1. The summed E-state index contributed by atoms with van der Waals surface area (Å²) in [5.41, 5.74) is 1.63. The van der Waals surface area contributed by atoms with Crippen molar-refractivity contribution in [2.45, 2.75) is 46.0 Å². The number of allylic oxidation sites excluding steroid dienone is 1. The molecule has 26 heavy (non-hydrogen) atoms. The molecule has 0 radical (unpaired) electrons. The molecule has 8 heteroatoms. The fourth-order valence-corrected chi connectivity index (χ4v) is 2.45. The van der Waals surface area contributed by atoms with Crippen LogP contribution in [-0.4, -0.2) is 34.6 Å². The lowest BCUT2D eigenvalue weighted by molar-refractivity contribution is -0.164. The molecule has 1 unspecified atom stereocenters. The number of pyridine rings is 1. The topological polar surface area (TPSA) is 54.5 Å². The lowest BCUT2D eigenvalue weighted by atomic mass is 10.1. The van der Waals surface area contributed by atoms with Gasteiger partial charge < -0.3 is 15.0 Å². The zero-order valence-electron chi connectivity index (χ0n) is 14.9. The number of aromatic nitrogens is 1. The highest BCUT2D eigenvalue weighted by atomic mass is 19.4. The van der Waals surface area contributed by atoms with Gasteiger partial charge in [0.2, 0.25) is 5.91 Å². The molecule has 142 valence electrons. The fourth-order valence-electron chi connectivity index (χ4n) is 2.45. The second kappa shape index (κ2) is 8.25. The maximum atomic E-state index is 12.3. The SMILES string of the molecule is CCC(=O)Nc1cc(CN2C=C(OCC(F)(F)F)C=CC2C)cc(C)n1. The van der Waals surface area contributed by atoms with E-state index in [9.17, 15) is 18.0 Å². The highest BCUT2D eigenvalue weighted by Crippen LogP contribution is 2.22. The summed E-state index contributed by atoms with van der Waals surface area (Å²) in [5, 5.41) is 2.72. The number of amides is 1. The minimum Gasteiger partial charge on any atom is -0.483 e. The normalized spacial score (nSPS) is 17.1. The van der Waals surface area contributed by atoms with Crippen LogP contribution in [0.25, 0.3) is 0 Å². The van der Waals surface area contributed by atoms with E-state index in [2.05, 4.69) is 10.3 Å². The molecule has 1 aromatic heterocycles. The number of anilines is 1. The van der Waals surface area contributed by atoms with E-state index in [0.717, 1.165) is 11.3 Å². The van der Waals surface area contributed by atoms with Gasteiger partial charge >= 0.3 is 6.18 Å². The van der Waals surface area contributed by atoms with Crippen molar-refractivity contribution in [1.82, 2.24) is 9.88 Å². The second-order valence-corrected chi connectivity index (χ2v) is 6.11. The van der Waals surface area contributed by atoms with E-state index < -0.39 is 12.8 Å². The Morgan fingerprint density at radius 3 is 2.77 bits per heavy atom. The van der Waals surface area contributed by atoms with Gasteiger partial charge in [-0.2, -0.15) is 13.2 Å². The van der Waals surface area contributed by atoms with E-state index >= 15 is 0 Å². The number of aryl methyl sites for hydroxylation is 1. The van der Waals surface area contributed by atoms with E-state index in [-0.39, 0.29) is 17.7 Å². The Bertz CT molecular complexity index is 714. The number of carbonyl (C=O) groups is 1. The smallest absolute Gasteiger partial charge is 0.422 e. The summed E-state index contributed by atoms with van der Waals surface area (Å²) in [6, 6.07) is 3.63. The number of hydrogen-bond donors (Lipinski definition) is 1. The van der Waals surface area contributed by atoms with Crippen LogP contribution >= 0.6 is 0 Å². The summed E-state index contributed by atoms with van der Waals surface area (Å²) in [7, 11) is 0. The maximum Gasteiger partial charge on any atom is 0.422 e. The average Bonchev–Trinajstić information content (AvgIpc) is 2.54. The van der Waals surface area contributed by atoms with Gasteiger partial charge in [0.05, 0.1) is 0 Å². The Morgan fingerprint density at radius 2 is 2.12 bits per heavy atom. The minimum atomic E-state index is -4.38. The third kappa shape index (κ3) is 6.09. The molecule has 0 fully saturated rings. The Balaban J connectivity index is 2.11. The Morgan fingerprint density at radius 1 is 1.38 bits per heavy atom. The van der Waals surface area contributed by atoms with Crippen LogP contribution in [0.1, 0.15) is 31.5 Å². The van der Waals surface area contributed by atoms with E-state index in [1.54, 1.807) is 25.3 Å². The molecule has 1 aliphatic rings. The van der Waals surface area contributed by atoms with Crippen LogP contribution in [0.5, 0.6) is 0 Å². The first-order valence-corrected chi connectivity index (χ1v) is 8.29. The van der Waals surface area contributed by atoms with E-state index in [1.165, 1.54) is 6.08 Å². The number of ether oxygens (including phenoxy) is 1. The largest absolute Gasteiger partial charge is 0.483 e. The number of hydrogen-bond acceptors (Lipinski definition) is 4. The molecule has 1 aromatic rings. The molecule has 5 nitrogen and oxygen atoms in total. The van der Waals surface area contributed by atoms with Gasteiger partial charge in [0.15, 0.2) is 6.61 Å². The molecule has 1 aliphatic heterocycles. The number of rotatable bonds is 6. The molecule has 1 amide bonds. The van der Waals surface area contributed by atoms with Gasteiger partial charge in [-0.3, -0.25) is 4.79 Å².